The molecule has 0 saturated heterocycles. The second-order valence-electron chi connectivity index (χ2n) is 5.12. The van der Waals surface area contributed by atoms with Crippen molar-refractivity contribution >= 4 is 40.8 Å². The molecule has 2 aromatic carbocycles. The SMILES string of the molecule is O=C(COC(=O)C1COc2ccccc2O1)Nc1cccc(Cl)c1Cl. The highest BCUT2D eigenvalue weighted by Crippen LogP contribution is 2.31. The third-order valence-corrected chi connectivity index (χ3v) is 4.16. The van der Waals surface area contributed by atoms with Crippen LogP contribution in [0.3, 0.4) is 0 Å². The number of ether oxygens (including phenoxy) is 3. The van der Waals surface area contributed by atoms with Gasteiger partial charge in [0.15, 0.2) is 18.1 Å². The van der Waals surface area contributed by atoms with Crippen LogP contribution >= 0.6 is 23.2 Å². The molecule has 1 heterocycles. The largest absolute Gasteiger partial charge is 0.485 e. The minimum atomic E-state index is -0.933. The zero-order valence-electron chi connectivity index (χ0n) is 12.8. The Morgan fingerprint density at radius 3 is 2.68 bits per heavy atom. The molecule has 0 aliphatic carbocycles. The molecule has 1 unspecified atom stereocenters. The Bertz CT molecular complexity index is 811. The lowest BCUT2D eigenvalue weighted by atomic mass is 10.2. The second kappa shape index (κ2) is 7.63. The van der Waals surface area contributed by atoms with Crippen LogP contribution in [-0.4, -0.2) is 31.2 Å². The third-order valence-electron chi connectivity index (χ3n) is 3.34. The molecule has 2 aromatic rings. The number of para-hydroxylation sites is 2. The van der Waals surface area contributed by atoms with Gasteiger partial charge < -0.3 is 19.5 Å². The number of carbonyl (C=O) groups is 2. The zero-order valence-corrected chi connectivity index (χ0v) is 14.3. The monoisotopic (exact) mass is 381 g/mol. The number of benzene rings is 2. The average molecular weight is 382 g/mol. The Balaban J connectivity index is 1.52. The summed E-state index contributed by atoms with van der Waals surface area (Å²) in [5.74, 6) is -0.234. The Morgan fingerprint density at radius 2 is 1.88 bits per heavy atom. The summed E-state index contributed by atoms with van der Waals surface area (Å²) in [5, 5.41) is 3.04. The van der Waals surface area contributed by atoms with Gasteiger partial charge in [-0.05, 0) is 24.3 Å². The summed E-state index contributed by atoms with van der Waals surface area (Å²) in [4.78, 5) is 23.9. The molecule has 0 fully saturated rings. The van der Waals surface area contributed by atoms with Crippen LogP contribution in [0.15, 0.2) is 42.5 Å². The standard InChI is InChI=1S/C17H13Cl2NO5/c18-10-4-3-5-11(16(10)19)20-15(21)9-24-17(22)14-8-23-12-6-1-2-7-13(12)25-14/h1-7,14H,8-9H2,(H,20,21). The van der Waals surface area contributed by atoms with Crippen molar-refractivity contribution < 1.29 is 23.8 Å². The van der Waals surface area contributed by atoms with Crippen molar-refractivity contribution in [2.45, 2.75) is 6.10 Å². The number of halogens is 2. The second-order valence-corrected chi connectivity index (χ2v) is 5.91. The van der Waals surface area contributed by atoms with Crippen LogP contribution in [0.25, 0.3) is 0 Å². The summed E-state index contributed by atoms with van der Waals surface area (Å²) in [6.07, 6.45) is -0.933. The van der Waals surface area contributed by atoms with Crippen molar-refractivity contribution in [1.29, 1.82) is 0 Å². The molecule has 0 aromatic heterocycles. The van der Waals surface area contributed by atoms with Crippen LogP contribution in [0, 0.1) is 0 Å². The molecular formula is C17H13Cl2NO5. The predicted molar refractivity (Wildman–Crippen MR) is 92.4 cm³/mol. The van der Waals surface area contributed by atoms with Gasteiger partial charge in [0.2, 0.25) is 6.10 Å². The van der Waals surface area contributed by atoms with Crippen LogP contribution in [0.5, 0.6) is 11.5 Å². The molecule has 1 atom stereocenters. The molecule has 1 N–H and O–H groups in total. The Kier molecular flexibility index (Phi) is 5.31. The summed E-state index contributed by atoms with van der Waals surface area (Å²) in [6.45, 7) is -0.471. The summed E-state index contributed by atoms with van der Waals surface area (Å²) in [6, 6.07) is 11.8. The Hall–Kier alpha value is -2.44. The molecule has 1 aliphatic heterocycles. The summed E-state index contributed by atoms with van der Waals surface area (Å²) in [5.41, 5.74) is 0.335. The molecule has 0 radical (unpaired) electrons. The first-order chi connectivity index (χ1) is 12.0. The fourth-order valence-corrected chi connectivity index (χ4v) is 2.50. The fraction of sp³-hybridized carbons (Fsp3) is 0.176. The summed E-state index contributed by atoms with van der Waals surface area (Å²) >= 11 is 11.8. The average Bonchev–Trinajstić information content (AvgIpc) is 2.63. The molecular weight excluding hydrogens is 369 g/mol. The maximum Gasteiger partial charge on any atom is 0.351 e. The molecule has 1 amide bonds. The molecule has 1 aliphatic rings. The fourth-order valence-electron chi connectivity index (χ4n) is 2.15. The number of esters is 1. The van der Waals surface area contributed by atoms with Crippen LogP contribution < -0.4 is 14.8 Å². The van der Waals surface area contributed by atoms with E-state index in [4.69, 9.17) is 37.4 Å². The smallest absolute Gasteiger partial charge is 0.351 e. The van der Waals surface area contributed by atoms with Gasteiger partial charge in [0, 0.05) is 0 Å². The van der Waals surface area contributed by atoms with Gasteiger partial charge >= 0.3 is 5.97 Å². The van der Waals surface area contributed by atoms with Gasteiger partial charge in [-0.3, -0.25) is 4.79 Å². The van der Waals surface area contributed by atoms with Crippen molar-refractivity contribution in [3.63, 3.8) is 0 Å². The van der Waals surface area contributed by atoms with Gasteiger partial charge in [-0.25, -0.2) is 4.79 Å². The van der Waals surface area contributed by atoms with E-state index in [0.29, 0.717) is 22.2 Å². The molecule has 6 nitrogen and oxygen atoms in total. The molecule has 8 heteroatoms. The van der Waals surface area contributed by atoms with Gasteiger partial charge in [0.05, 0.1) is 15.7 Å². The van der Waals surface area contributed by atoms with E-state index in [1.807, 2.05) is 0 Å². The molecule has 0 bridgehead atoms. The lowest BCUT2D eigenvalue weighted by Gasteiger charge is -2.24. The number of anilines is 1. The number of fused-ring (bicyclic) bond motifs is 1. The molecule has 130 valence electrons. The van der Waals surface area contributed by atoms with Gasteiger partial charge in [-0.1, -0.05) is 41.4 Å². The third kappa shape index (κ3) is 4.15. The molecule has 0 saturated carbocycles. The summed E-state index contributed by atoms with van der Waals surface area (Å²) in [7, 11) is 0. The van der Waals surface area contributed by atoms with Crippen LogP contribution in [0.2, 0.25) is 10.0 Å². The number of hydrogen-bond acceptors (Lipinski definition) is 5. The van der Waals surface area contributed by atoms with Crippen molar-refractivity contribution in [2.24, 2.45) is 0 Å². The van der Waals surface area contributed by atoms with Crippen LogP contribution in [0.1, 0.15) is 0 Å². The number of hydrogen-bond donors (Lipinski definition) is 1. The van der Waals surface area contributed by atoms with E-state index in [-0.39, 0.29) is 11.6 Å². The highest BCUT2D eigenvalue weighted by atomic mass is 35.5. The normalized spacial score (nSPS) is 15.4. The first-order valence-corrected chi connectivity index (χ1v) is 8.09. The first kappa shape index (κ1) is 17.4. The van der Waals surface area contributed by atoms with E-state index in [1.54, 1.807) is 42.5 Å². The van der Waals surface area contributed by atoms with E-state index in [1.165, 1.54) is 0 Å². The van der Waals surface area contributed by atoms with Crippen LogP contribution in [0.4, 0.5) is 5.69 Å². The maximum atomic E-state index is 12.0. The van der Waals surface area contributed by atoms with Gasteiger partial charge in [0.1, 0.15) is 6.61 Å². The topological polar surface area (TPSA) is 73.9 Å². The molecule has 3 rings (SSSR count). The zero-order chi connectivity index (χ0) is 17.8. The van der Waals surface area contributed by atoms with Gasteiger partial charge in [-0.2, -0.15) is 0 Å². The van der Waals surface area contributed by atoms with E-state index >= 15 is 0 Å². The Labute approximate surface area is 153 Å². The minimum absolute atomic E-state index is 0.0115. The number of rotatable bonds is 4. The van der Waals surface area contributed by atoms with E-state index in [0.717, 1.165) is 0 Å². The maximum absolute atomic E-state index is 12.0. The summed E-state index contributed by atoms with van der Waals surface area (Å²) < 4.78 is 15.9. The predicted octanol–water partition coefficient (Wildman–Crippen LogP) is 3.32. The molecule has 0 spiro atoms. The minimum Gasteiger partial charge on any atom is -0.485 e. The lowest BCUT2D eigenvalue weighted by molar-refractivity contribution is -0.156. The number of carbonyl (C=O) groups excluding carboxylic acids is 2. The van der Waals surface area contributed by atoms with E-state index in [2.05, 4.69) is 5.32 Å². The van der Waals surface area contributed by atoms with Crippen molar-refractivity contribution in [3.05, 3.63) is 52.5 Å². The number of amides is 1. The quantitative estimate of drug-likeness (QED) is 0.822. The number of nitrogens with one attached hydrogen (secondary N) is 1. The highest BCUT2D eigenvalue weighted by molar-refractivity contribution is 6.44. The lowest BCUT2D eigenvalue weighted by Crippen LogP contribution is -2.39. The first-order valence-electron chi connectivity index (χ1n) is 7.33. The van der Waals surface area contributed by atoms with Gasteiger partial charge in [0.25, 0.3) is 5.91 Å². The van der Waals surface area contributed by atoms with E-state index < -0.39 is 24.6 Å². The van der Waals surface area contributed by atoms with Gasteiger partial charge in [-0.15, -0.1) is 0 Å². The Morgan fingerprint density at radius 1 is 1.12 bits per heavy atom. The van der Waals surface area contributed by atoms with Crippen molar-refractivity contribution in [2.75, 3.05) is 18.5 Å². The van der Waals surface area contributed by atoms with Crippen molar-refractivity contribution in [1.82, 2.24) is 0 Å². The highest BCUT2D eigenvalue weighted by Gasteiger charge is 2.29. The van der Waals surface area contributed by atoms with Crippen molar-refractivity contribution in [3.8, 4) is 11.5 Å². The van der Waals surface area contributed by atoms with Crippen LogP contribution in [-0.2, 0) is 14.3 Å². The molecule has 25 heavy (non-hydrogen) atoms. The van der Waals surface area contributed by atoms with E-state index in [9.17, 15) is 9.59 Å².